The Labute approximate surface area is 197 Å². The number of hydrogen-bond donors (Lipinski definition) is 2. The van der Waals surface area contributed by atoms with Crippen molar-refractivity contribution in [2.45, 2.75) is 71.3 Å². The molecule has 2 atom stereocenters. The predicted molar refractivity (Wildman–Crippen MR) is 130 cm³/mol. The standard InChI is InChI=1S/C24H38ClN3O2.2H2O/c1-17(2)23(26-14-11-20-5-3-4-6-22(20)27-30)24(29)28-15-12-19(13-16-28)18-7-9-21(25)10-8-18;;/h3,5,9,17-19,23,26H,4,6-8,10-16,27H2,1-2H3;2*1H2/t18?,23-;;/m1../s1. The Bertz CT molecular complexity index is 685. The van der Waals surface area contributed by atoms with Gasteiger partial charge in [-0.15, -0.1) is 0 Å². The summed E-state index contributed by atoms with van der Waals surface area (Å²) in [7, 11) is 0. The second-order valence-electron chi connectivity index (χ2n) is 9.38. The minimum absolute atomic E-state index is 0. The van der Waals surface area contributed by atoms with Gasteiger partial charge in [0.1, 0.15) is 5.70 Å². The smallest absolute Gasteiger partial charge is 0.239 e. The maximum absolute atomic E-state index is 13.2. The number of quaternary nitrogens is 1. The fraction of sp³-hybridized carbons (Fsp3) is 0.708. The zero-order chi connectivity index (χ0) is 21.5. The van der Waals surface area contributed by atoms with Gasteiger partial charge in [-0.05, 0) is 62.7 Å². The Kier molecular flexibility index (Phi) is 12.7. The van der Waals surface area contributed by atoms with Crippen LogP contribution >= 0.6 is 11.6 Å². The molecule has 7 N–H and O–H groups in total. The fourth-order valence-electron chi connectivity index (χ4n) is 5.12. The van der Waals surface area contributed by atoms with Crippen LogP contribution in [-0.2, 0) is 4.79 Å². The number of carbonyl (C=O) groups excluding carboxylic acids is 1. The lowest BCUT2D eigenvalue weighted by molar-refractivity contribution is -0.539. The third-order valence-electron chi connectivity index (χ3n) is 7.06. The Hall–Kier alpha value is -1.22. The molecule has 0 saturated carbocycles. The molecule has 184 valence electrons. The monoisotopic (exact) mass is 471 g/mol. The first-order chi connectivity index (χ1) is 14.5. The average Bonchev–Trinajstić information content (AvgIpc) is 2.77. The number of nitrogens with zero attached hydrogens (tertiary/aromatic N) is 1. The van der Waals surface area contributed by atoms with Crippen LogP contribution in [0.2, 0.25) is 0 Å². The van der Waals surface area contributed by atoms with Gasteiger partial charge in [-0.3, -0.25) is 4.79 Å². The Balaban J connectivity index is 0.00000256. The zero-order valence-corrected chi connectivity index (χ0v) is 20.3. The van der Waals surface area contributed by atoms with E-state index in [9.17, 15) is 10.0 Å². The number of rotatable bonds is 8. The third kappa shape index (κ3) is 7.68. The lowest BCUT2D eigenvalue weighted by atomic mass is 9.78. The van der Waals surface area contributed by atoms with Gasteiger partial charge in [-0.25, -0.2) is 0 Å². The number of piperidine rings is 1. The van der Waals surface area contributed by atoms with E-state index in [-0.39, 0.29) is 28.8 Å². The van der Waals surface area contributed by atoms with Crippen molar-refractivity contribution in [1.82, 2.24) is 10.2 Å². The highest BCUT2D eigenvalue weighted by molar-refractivity contribution is 6.29. The Morgan fingerprint density at radius 3 is 2.53 bits per heavy atom. The van der Waals surface area contributed by atoms with Crippen LogP contribution in [-0.4, -0.2) is 47.4 Å². The van der Waals surface area contributed by atoms with Gasteiger partial charge >= 0.3 is 0 Å². The van der Waals surface area contributed by atoms with Gasteiger partial charge in [0.25, 0.3) is 0 Å². The van der Waals surface area contributed by atoms with Crippen molar-refractivity contribution < 1.29 is 21.2 Å². The third-order valence-corrected chi connectivity index (χ3v) is 7.40. The number of likely N-dealkylation sites (tertiary alicyclic amines) is 1. The molecular formula is C24H42ClN3O4. The van der Waals surface area contributed by atoms with Crippen LogP contribution in [0.5, 0.6) is 0 Å². The number of carbonyl (C=O) groups is 1. The van der Waals surface area contributed by atoms with E-state index in [1.807, 2.05) is 0 Å². The maximum atomic E-state index is 13.2. The molecule has 1 heterocycles. The van der Waals surface area contributed by atoms with Crippen LogP contribution in [0.25, 0.3) is 0 Å². The second-order valence-corrected chi connectivity index (χ2v) is 9.87. The maximum Gasteiger partial charge on any atom is 0.239 e. The molecule has 8 heteroatoms. The van der Waals surface area contributed by atoms with Gasteiger partial charge in [0, 0.05) is 36.7 Å². The van der Waals surface area contributed by atoms with Crippen molar-refractivity contribution in [3.63, 3.8) is 0 Å². The summed E-state index contributed by atoms with van der Waals surface area (Å²) in [5.74, 6) is 1.92. The van der Waals surface area contributed by atoms with Crippen molar-refractivity contribution >= 4 is 17.5 Å². The van der Waals surface area contributed by atoms with Crippen LogP contribution in [0.1, 0.15) is 65.2 Å². The van der Waals surface area contributed by atoms with E-state index in [1.54, 1.807) is 0 Å². The van der Waals surface area contributed by atoms with E-state index in [2.05, 4.69) is 42.3 Å². The van der Waals surface area contributed by atoms with Gasteiger partial charge in [0.05, 0.1) is 6.04 Å². The summed E-state index contributed by atoms with van der Waals surface area (Å²) in [6.07, 6.45) is 14.5. The van der Waals surface area contributed by atoms with Gasteiger partial charge < -0.3 is 31.9 Å². The highest BCUT2D eigenvalue weighted by Gasteiger charge is 2.32. The number of amides is 1. The topological polar surface area (TPSA) is 135 Å². The second kappa shape index (κ2) is 14.1. The summed E-state index contributed by atoms with van der Waals surface area (Å²) in [5, 5.41) is 15.8. The van der Waals surface area contributed by atoms with Crippen molar-refractivity contribution in [2.75, 3.05) is 19.6 Å². The summed E-state index contributed by atoms with van der Waals surface area (Å²) < 4.78 is 0. The van der Waals surface area contributed by atoms with Gasteiger partial charge in [0.2, 0.25) is 5.91 Å². The van der Waals surface area contributed by atoms with E-state index >= 15 is 0 Å². The highest BCUT2D eigenvalue weighted by Crippen LogP contribution is 2.36. The zero-order valence-electron chi connectivity index (χ0n) is 19.5. The summed E-state index contributed by atoms with van der Waals surface area (Å²) in [6, 6.07) is -0.161. The molecule has 0 radical (unpaired) electrons. The molecule has 0 bridgehead atoms. The normalized spacial score (nSPS) is 22.8. The number of allylic oxidation sites excluding steroid dienone is 5. The SMILES string of the molecule is CC(C)[C@@H](NCCC1=C([NH2+][O-])CCC=C1)C(=O)N1CCC(C2CC=C(Cl)CC2)CC1.O.O. The molecule has 1 unspecified atom stereocenters. The number of hydroxylamine groups is 1. The van der Waals surface area contributed by atoms with Crippen LogP contribution < -0.4 is 10.8 Å². The van der Waals surface area contributed by atoms with E-state index in [1.165, 1.54) is 6.42 Å². The average molecular weight is 472 g/mol. The van der Waals surface area contributed by atoms with Crippen molar-refractivity contribution in [1.29, 1.82) is 0 Å². The number of nitrogens with one attached hydrogen (secondary N) is 1. The molecule has 1 saturated heterocycles. The van der Waals surface area contributed by atoms with Gasteiger partial charge in [-0.1, -0.05) is 43.7 Å². The highest BCUT2D eigenvalue weighted by atomic mass is 35.5. The number of hydrogen-bond acceptors (Lipinski definition) is 3. The summed E-state index contributed by atoms with van der Waals surface area (Å²) >= 11 is 6.14. The summed E-state index contributed by atoms with van der Waals surface area (Å²) in [6.45, 7) is 6.67. The molecular weight excluding hydrogens is 430 g/mol. The predicted octanol–water partition coefficient (Wildman–Crippen LogP) is 2.17. The molecule has 0 aromatic rings. The van der Waals surface area contributed by atoms with E-state index in [4.69, 9.17) is 11.6 Å². The molecule has 3 aliphatic rings. The Morgan fingerprint density at radius 1 is 1.22 bits per heavy atom. The van der Waals surface area contributed by atoms with Crippen LogP contribution in [0.15, 0.2) is 34.5 Å². The van der Waals surface area contributed by atoms with E-state index in [0.29, 0.717) is 5.92 Å². The van der Waals surface area contributed by atoms with Crippen molar-refractivity contribution in [2.24, 2.45) is 17.8 Å². The number of nitrogens with two attached hydrogens (primary N) is 1. The molecule has 0 aromatic carbocycles. The molecule has 0 spiro atoms. The minimum Gasteiger partial charge on any atom is -0.631 e. The first-order valence-corrected chi connectivity index (χ1v) is 12.1. The fourth-order valence-corrected chi connectivity index (χ4v) is 5.32. The summed E-state index contributed by atoms with van der Waals surface area (Å²) in [5.41, 5.74) is 3.01. The number of halogens is 1. The molecule has 1 aliphatic heterocycles. The molecule has 7 nitrogen and oxygen atoms in total. The molecule has 3 rings (SSSR count). The molecule has 1 fully saturated rings. The Morgan fingerprint density at radius 2 is 1.94 bits per heavy atom. The van der Waals surface area contributed by atoms with Crippen LogP contribution in [0.4, 0.5) is 0 Å². The van der Waals surface area contributed by atoms with Crippen molar-refractivity contribution in [3.05, 3.63) is 39.7 Å². The minimum atomic E-state index is -0.161. The van der Waals surface area contributed by atoms with Crippen molar-refractivity contribution in [3.8, 4) is 0 Å². The van der Waals surface area contributed by atoms with Crippen LogP contribution in [0.3, 0.4) is 0 Å². The molecule has 1 amide bonds. The molecule has 32 heavy (non-hydrogen) atoms. The first-order valence-electron chi connectivity index (χ1n) is 11.7. The van der Waals surface area contributed by atoms with Gasteiger partial charge in [0.15, 0.2) is 0 Å². The quantitative estimate of drug-likeness (QED) is 0.525. The van der Waals surface area contributed by atoms with E-state index in [0.717, 1.165) is 92.3 Å². The van der Waals surface area contributed by atoms with Crippen LogP contribution in [0, 0.1) is 23.0 Å². The lowest BCUT2D eigenvalue weighted by Crippen LogP contribution is -2.75. The largest absolute Gasteiger partial charge is 0.631 e. The lowest BCUT2D eigenvalue weighted by Gasteiger charge is -2.39. The molecule has 0 aromatic heterocycles. The van der Waals surface area contributed by atoms with E-state index < -0.39 is 0 Å². The molecule has 2 aliphatic carbocycles. The van der Waals surface area contributed by atoms with Gasteiger partial charge in [-0.2, -0.15) is 0 Å². The summed E-state index contributed by atoms with van der Waals surface area (Å²) in [4.78, 5) is 15.3. The first kappa shape index (κ1) is 28.8.